The Balaban J connectivity index is 2.19. The second-order valence-electron chi connectivity index (χ2n) is 7.73. The van der Waals surface area contributed by atoms with Crippen molar-refractivity contribution in [1.82, 2.24) is 19.7 Å². The van der Waals surface area contributed by atoms with Crippen LogP contribution in [-0.2, 0) is 22.6 Å². The number of hydrogen-bond acceptors (Lipinski definition) is 6. The lowest BCUT2D eigenvalue weighted by atomic mass is 10.2. The molecule has 8 heteroatoms. The number of unbranched alkanes of at least 4 members (excludes halogenated alkanes) is 1. The summed E-state index contributed by atoms with van der Waals surface area (Å²) in [5.41, 5.74) is 1.69. The second-order valence-corrected chi connectivity index (χ2v) is 13.4. The van der Waals surface area contributed by atoms with Gasteiger partial charge in [-0.1, -0.05) is 33.0 Å². The highest BCUT2D eigenvalue weighted by atomic mass is 28.3. The predicted octanol–water partition coefficient (Wildman–Crippen LogP) is 3.78. The van der Waals surface area contributed by atoms with Crippen LogP contribution in [0.15, 0.2) is 18.3 Å². The van der Waals surface area contributed by atoms with Gasteiger partial charge in [-0.05, 0) is 24.6 Å². The third-order valence-electron chi connectivity index (χ3n) is 4.23. The molecule has 0 fully saturated rings. The molecule has 0 bridgehead atoms. The number of esters is 1. The molecule has 0 spiro atoms. The maximum Gasteiger partial charge on any atom is 0.358 e. The van der Waals surface area contributed by atoms with Crippen LogP contribution in [0.5, 0.6) is 0 Å². The zero-order valence-corrected chi connectivity index (χ0v) is 18.0. The van der Waals surface area contributed by atoms with Crippen LogP contribution in [0.2, 0.25) is 25.7 Å². The van der Waals surface area contributed by atoms with Crippen LogP contribution in [0.4, 0.5) is 0 Å². The Bertz CT molecular complexity index is 738. The predicted molar refractivity (Wildman–Crippen MR) is 107 cm³/mol. The van der Waals surface area contributed by atoms with Gasteiger partial charge in [-0.15, -0.1) is 10.2 Å². The molecule has 7 nitrogen and oxygen atoms in total. The maximum atomic E-state index is 11.5. The number of rotatable bonds is 10. The molecule has 0 atom stereocenters. The third-order valence-corrected chi connectivity index (χ3v) is 5.93. The summed E-state index contributed by atoms with van der Waals surface area (Å²) in [5.74, 6) is 0.486. The normalized spacial score (nSPS) is 11.6. The Morgan fingerprint density at radius 1 is 1.22 bits per heavy atom. The minimum Gasteiger partial charge on any atom is -0.464 e. The first-order valence-corrected chi connectivity index (χ1v) is 13.1. The summed E-state index contributed by atoms with van der Waals surface area (Å²) in [7, 11) is 0.196. The Hall–Kier alpha value is -2.06. The van der Waals surface area contributed by atoms with Gasteiger partial charge in [0.2, 0.25) is 0 Å². The van der Waals surface area contributed by atoms with E-state index in [0.29, 0.717) is 12.4 Å². The van der Waals surface area contributed by atoms with Crippen molar-refractivity contribution in [2.75, 3.05) is 13.7 Å². The molecule has 0 saturated heterocycles. The molecular weight excluding hydrogens is 360 g/mol. The summed E-state index contributed by atoms with van der Waals surface area (Å²) < 4.78 is 12.7. The van der Waals surface area contributed by atoms with E-state index in [-0.39, 0.29) is 5.69 Å². The van der Waals surface area contributed by atoms with Crippen LogP contribution in [0.1, 0.15) is 36.1 Å². The maximum absolute atomic E-state index is 11.5. The van der Waals surface area contributed by atoms with E-state index in [1.807, 2.05) is 0 Å². The molecule has 2 aromatic rings. The van der Waals surface area contributed by atoms with E-state index in [2.05, 4.69) is 51.1 Å². The van der Waals surface area contributed by atoms with E-state index in [1.165, 1.54) is 7.11 Å². The fourth-order valence-electron chi connectivity index (χ4n) is 2.51. The van der Waals surface area contributed by atoms with Gasteiger partial charge < -0.3 is 14.0 Å². The summed E-state index contributed by atoms with van der Waals surface area (Å²) in [6, 6.07) is 4.50. The highest BCUT2D eigenvalue weighted by Crippen LogP contribution is 2.20. The molecule has 0 aliphatic heterocycles. The first-order valence-electron chi connectivity index (χ1n) is 9.40. The lowest BCUT2D eigenvalue weighted by Crippen LogP contribution is -2.22. The van der Waals surface area contributed by atoms with Gasteiger partial charge in [0.1, 0.15) is 18.2 Å². The van der Waals surface area contributed by atoms with Crippen LogP contribution in [0.25, 0.3) is 11.4 Å². The number of aromatic nitrogens is 4. The van der Waals surface area contributed by atoms with Gasteiger partial charge >= 0.3 is 5.97 Å². The van der Waals surface area contributed by atoms with Crippen molar-refractivity contribution in [3.63, 3.8) is 0 Å². The molecule has 0 amide bonds. The third kappa shape index (κ3) is 6.25. The number of hydrogen-bond donors (Lipinski definition) is 0. The zero-order valence-electron chi connectivity index (χ0n) is 17.0. The lowest BCUT2D eigenvalue weighted by molar-refractivity contribution is 0.0592. The highest BCUT2D eigenvalue weighted by Gasteiger charge is 2.16. The van der Waals surface area contributed by atoms with Gasteiger partial charge in [0, 0.05) is 21.1 Å². The summed E-state index contributed by atoms with van der Waals surface area (Å²) >= 11 is 0. The average Bonchev–Trinajstić information content (AvgIpc) is 3.05. The van der Waals surface area contributed by atoms with Crippen LogP contribution < -0.4 is 0 Å². The SMILES string of the molecule is CCCCc1ncc(-c2ccc(C(=O)OC)nn2)n1COCC[Si](C)(C)C. The Morgan fingerprint density at radius 3 is 2.59 bits per heavy atom. The minimum absolute atomic E-state index is 0.185. The zero-order chi connectivity index (χ0) is 19.9. The Kier molecular flexibility index (Phi) is 7.67. The number of methoxy groups -OCH3 is 1. The van der Waals surface area contributed by atoms with Gasteiger partial charge in [-0.3, -0.25) is 0 Å². The fourth-order valence-corrected chi connectivity index (χ4v) is 3.27. The average molecular weight is 391 g/mol. The number of imidazole rings is 1. The van der Waals surface area contributed by atoms with Crippen LogP contribution in [0, 0.1) is 0 Å². The quantitative estimate of drug-likeness (QED) is 0.349. The molecule has 0 aromatic carbocycles. The molecule has 0 N–H and O–H groups in total. The molecule has 148 valence electrons. The molecule has 27 heavy (non-hydrogen) atoms. The van der Waals surface area contributed by atoms with E-state index in [0.717, 1.165) is 43.4 Å². The van der Waals surface area contributed by atoms with Crippen LogP contribution >= 0.6 is 0 Å². The van der Waals surface area contributed by atoms with E-state index in [1.54, 1.807) is 18.3 Å². The molecule has 2 aromatic heterocycles. The Morgan fingerprint density at radius 2 is 2.00 bits per heavy atom. The van der Waals surface area contributed by atoms with Crippen molar-refractivity contribution >= 4 is 14.0 Å². The molecule has 0 saturated carbocycles. The van der Waals surface area contributed by atoms with Crippen molar-refractivity contribution in [2.45, 2.75) is 58.6 Å². The van der Waals surface area contributed by atoms with E-state index >= 15 is 0 Å². The standard InChI is InChI=1S/C19H30N4O3Si/c1-6-7-8-18-20-13-17(23(18)14-26-11-12-27(3,4)5)15-9-10-16(22-21-15)19(24)25-2/h9-10,13H,6-8,11-12,14H2,1-5H3. The molecule has 0 radical (unpaired) electrons. The van der Waals surface area contributed by atoms with E-state index in [4.69, 9.17) is 4.74 Å². The molecule has 0 unspecified atom stereocenters. The largest absolute Gasteiger partial charge is 0.464 e. The number of carbonyl (C=O) groups is 1. The summed E-state index contributed by atoms with van der Waals surface area (Å²) in [6.45, 7) is 10.4. The molecule has 0 aliphatic rings. The monoisotopic (exact) mass is 390 g/mol. The molecular formula is C19H30N4O3Si. The number of carbonyl (C=O) groups excluding carboxylic acids is 1. The highest BCUT2D eigenvalue weighted by molar-refractivity contribution is 6.76. The minimum atomic E-state index is -1.13. The molecule has 2 heterocycles. The van der Waals surface area contributed by atoms with Crippen molar-refractivity contribution < 1.29 is 14.3 Å². The summed E-state index contributed by atoms with van der Waals surface area (Å²) in [5, 5.41) is 8.15. The van der Waals surface area contributed by atoms with Gasteiger partial charge in [-0.2, -0.15) is 0 Å². The smallest absolute Gasteiger partial charge is 0.358 e. The second kappa shape index (κ2) is 9.75. The van der Waals surface area contributed by atoms with Crippen molar-refractivity contribution in [3.05, 3.63) is 29.8 Å². The number of aryl methyl sites for hydroxylation is 1. The summed E-state index contributed by atoms with van der Waals surface area (Å²) in [4.78, 5) is 16.1. The Labute approximate surface area is 162 Å². The van der Waals surface area contributed by atoms with E-state index < -0.39 is 14.0 Å². The van der Waals surface area contributed by atoms with Crippen molar-refractivity contribution in [1.29, 1.82) is 0 Å². The summed E-state index contributed by atoms with van der Waals surface area (Å²) in [6.07, 6.45) is 4.86. The number of ether oxygens (including phenoxy) is 2. The van der Waals surface area contributed by atoms with E-state index in [9.17, 15) is 4.79 Å². The number of nitrogens with zero attached hydrogens (tertiary/aromatic N) is 4. The lowest BCUT2D eigenvalue weighted by Gasteiger charge is -2.17. The van der Waals surface area contributed by atoms with Crippen molar-refractivity contribution in [3.8, 4) is 11.4 Å². The van der Waals surface area contributed by atoms with Crippen LogP contribution in [0.3, 0.4) is 0 Å². The van der Waals surface area contributed by atoms with Gasteiger partial charge in [-0.25, -0.2) is 9.78 Å². The molecule has 0 aliphatic carbocycles. The molecule has 2 rings (SSSR count). The first kappa shape index (κ1) is 21.2. The topological polar surface area (TPSA) is 79.1 Å². The van der Waals surface area contributed by atoms with Gasteiger partial charge in [0.05, 0.1) is 19.0 Å². The first-order chi connectivity index (χ1) is 12.9. The van der Waals surface area contributed by atoms with Crippen molar-refractivity contribution in [2.24, 2.45) is 0 Å². The fraction of sp³-hybridized carbons (Fsp3) is 0.579. The van der Waals surface area contributed by atoms with Crippen LogP contribution in [-0.4, -0.2) is 47.5 Å². The van der Waals surface area contributed by atoms with Gasteiger partial charge in [0.25, 0.3) is 0 Å². The van der Waals surface area contributed by atoms with Gasteiger partial charge in [0.15, 0.2) is 5.69 Å².